The Labute approximate surface area is 60.1 Å². The van der Waals surface area contributed by atoms with Gasteiger partial charge in [-0.3, -0.25) is 0 Å². The second kappa shape index (κ2) is 3.61. The number of ether oxygens (including phenoxy) is 1. The maximum atomic E-state index is 8.81. The summed E-state index contributed by atoms with van der Waals surface area (Å²) in [5.41, 5.74) is 5.62. The van der Waals surface area contributed by atoms with E-state index in [1.165, 1.54) is 13.2 Å². The van der Waals surface area contributed by atoms with E-state index in [2.05, 4.69) is 13.2 Å². The number of allylic oxidation sites excluding steroid dienone is 1. The Morgan fingerprint density at radius 3 is 2.30 bits per heavy atom. The van der Waals surface area contributed by atoms with E-state index >= 15 is 0 Å². The SMILES string of the molecule is C=C/C(N)=C(/OC)C(=C)O. The molecule has 3 nitrogen and oxygen atoms in total. The number of methoxy groups -OCH3 is 1. The van der Waals surface area contributed by atoms with E-state index in [0.717, 1.165) is 0 Å². The van der Waals surface area contributed by atoms with Gasteiger partial charge in [0.05, 0.1) is 12.8 Å². The molecule has 0 aliphatic carbocycles. The van der Waals surface area contributed by atoms with Crippen molar-refractivity contribution in [3.8, 4) is 0 Å². The molecule has 3 heteroatoms. The molecule has 0 rings (SSSR count). The number of aliphatic hydroxyl groups excluding tert-OH is 1. The van der Waals surface area contributed by atoms with Crippen molar-refractivity contribution in [2.24, 2.45) is 5.73 Å². The van der Waals surface area contributed by atoms with Gasteiger partial charge in [-0.15, -0.1) is 0 Å². The van der Waals surface area contributed by atoms with Gasteiger partial charge >= 0.3 is 0 Å². The Morgan fingerprint density at radius 2 is 2.20 bits per heavy atom. The van der Waals surface area contributed by atoms with Gasteiger partial charge in [0.2, 0.25) is 0 Å². The van der Waals surface area contributed by atoms with Gasteiger partial charge in [-0.2, -0.15) is 0 Å². The third-order valence-electron chi connectivity index (χ3n) is 0.948. The third-order valence-corrected chi connectivity index (χ3v) is 0.948. The predicted molar refractivity (Wildman–Crippen MR) is 40.2 cm³/mol. The van der Waals surface area contributed by atoms with Crippen molar-refractivity contribution in [3.63, 3.8) is 0 Å². The highest BCUT2D eigenvalue weighted by Gasteiger charge is 2.02. The van der Waals surface area contributed by atoms with Crippen LogP contribution in [0, 0.1) is 0 Å². The van der Waals surface area contributed by atoms with Crippen molar-refractivity contribution in [2.45, 2.75) is 0 Å². The molecule has 0 atom stereocenters. The summed E-state index contributed by atoms with van der Waals surface area (Å²) in [6, 6.07) is 0. The van der Waals surface area contributed by atoms with E-state index in [9.17, 15) is 0 Å². The highest BCUT2D eigenvalue weighted by molar-refractivity contribution is 5.27. The van der Waals surface area contributed by atoms with E-state index in [1.807, 2.05) is 0 Å². The van der Waals surface area contributed by atoms with Gasteiger partial charge in [-0.1, -0.05) is 13.2 Å². The first-order valence-electron chi connectivity index (χ1n) is 2.68. The van der Waals surface area contributed by atoms with Gasteiger partial charge in [0.1, 0.15) is 0 Å². The van der Waals surface area contributed by atoms with Crippen LogP contribution in [0.2, 0.25) is 0 Å². The summed E-state index contributed by atoms with van der Waals surface area (Å²) in [7, 11) is 1.40. The zero-order valence-corrected chi connectivity index (χ0v) is 5.92. The fraction of sp³-hybridized carbons (Fsp3) is 0.143. The summed E-state index contributed by atoms with van der Waals surface area (Å²) in [6.45, 7) is 6.64. The van der Waals surface area contributed by atoms with E-state index in [0.29, 0.717) is 0 Å². The van der Waals surface area contributed by atoms with Crippen molar-refractivity contribution in [2.75, 3.05) is 7.11 Å². The lowest BCUT2D eigenvalue weighted by molar-refractivity contribution is 0.254. The largest absolute Gasteiger partial charge is 0.505 e. The number of aliphatic hydroxyl groups is 1. The standard InChI is InChI=1S/C7H11NO2/c1-4-6(8)7(10-3)5(2)9/h4,9H,1-2,8H2,3H3/b7-6-. The number of nitrogens with two attached hydrogens (primary N) is 1. The van der Waals surface area contributed by atoms with Gasteiger partial charge in [0.25, 0.3) is 0 Å². The van der Waals surface area contributed by atoms with Crippen LogP contribution in [-0.4, -0.2) is 12.2 Å². The molecular formula is C7H11NO2. The molecule has 0 aliphatic heterocycles. The van der Waals surface area contributed by atoms with Crippen molar-refractivity contribution in [3.05, 3.63) is 36.4 Å². The van der Waals surface area contributed by atoms with E-state index < -0.39 is 0 Å². The third kappa shape index (κ3) is 1.85. The molecule has 0 spiro atoms. The van der Waals surface area contributed by atoms with Gasteiger partial charge < -0.3 is 15.6 Å². The predicted octanol–water partition coefficient (Wildman–Crippen LogP) is 1.06. The Bertz CT molecular complexity index is 182. The summed E-state index contributed by atoms with van der Waals surface area (Å²) in [5, 5.41) is 8.81. The molecule has 0 radical (unpaired) electrons. The molecule has 0 aromatic rings. The topological polar surface area (TPSA) is 55.5 Å². The van der Waals surface area contributed by atoms with Gasteiger partial charge in [0, 0.05) is 0 Å². The minimum atomic E-state index is -0.195. The fourth-order valence-corrected chi connectivity index (χ4v) is 0.495. The fourth-order valence-electron chi connectivity index (χ4n) is 0.495. The number of rotatable bonds is 3. The molecule has 3 N–H and O–H groups in total. The van der Waals surface area contributed by atoms with Crippen LogP contribution in [0.3, 0.4) is 0 Å². The first-order chi connectivity index (χ1) is 4.63. The van der Waals surface area contributed by atoms with Crippen LogP contribution in [0.15, 0.2) is 36.4 Å². The minimum absolute atomic E-state index is 0.162. The molecule has 0 aromatic carbocycles. The zero-order valence-electron chi connectivity index (χ0n) is 5.92. The van der Waals surface area contributed by atoms with Crippen molar-refractivity contribution in [1.29, 1.82) is 0 Å². The van der Waals surface area contributed by atoms with Crippen LogP contribution in [0.5, 0.6) is 0 Å². The molecule has 0 amide bonds. The van der Waals surface area contributed by atoms with Crippen molar-refractivity contribution >= 4 is 0 Å². The summed E-state index contributed by atoms with van der Waals surface area (Å²) < 4.78 is 4.70. The Kier molecular flexibility index (Phi) is 3.11. The maximum Gasteiger partial charge on any atom is 0.182 e. The van der Waals surface area contributed by atoms with Crippen LogP contribution in [0.25, 0.3) is 0 Å². The summed E-state index contributed by atoms with van der Waals surface area (Å²) >= 11 is 0. The molecule has 10 heavy (non-hydrogen) atoms. The molecule has 0 heterocycles. The first kappa shape index (κ1) is 8.62. The molecule has 0 aliphatic rings. The Morgan fingerprint density at radius 1 is 1.70 bits per heavy atom. The maximum absolute atomic E-state index is 8.81. The molecule has 0 bridgehead atoms. The lowest BCUT2D eigenvalue weighted by Crippen LogP contribution is -2.02. The quantitative estimate of drug-likeness (QED) is 0.456. The average Bonchev–Trinajstić information content (AvgIpc) is 1.88. The van der Waals surface area contributed by atoms with Crippen molar-refractivity contribution < 1.29 is 9.84 Å². The average molecular weight is 141 g/mol. The zero-order chi connectivity index (χ0) is 8.15. The van der Waals surface area contributed by atoms with Gasteiger partial charge in [0.15, 0.2) is 11.5 Å². The van der Waals surface area contributed by atoms with Crippen LogP contribution >= 0.6 is 0 Å². The molecule has 0 fully saturated rings. The van der Waals surface area contributed by atoms with E-state index in [-0.39, 0.29) is 17.2 Å². The van der Waals surface area contributed by atoms with E-state index in [1.54, 1.807) is 0 Å². The normalized spacial score (nSPS) is 11.7. The number of hydrogen-bond acceptors (Lipinski definition) is 3. The molecule has 56 valence electrons. The molecule has 0 unspecified atom stereocenters. The van der Waals surface area contributed by atoms with E-state index in [4.69, 9.17) is 15.6 Å². The smallest absolute Gasteiger partial charge is 0.182 e. The Hall–Kier alpha value is -1.38. The van der Waals surface area contributed by atoms with Crippen molar-refractivity contribution in [1.82, 2.24) is 0 Å². The molecule has 0 aromatic heterocycles. The van der Waals surface area contributed by atoms with Crippen LogP contribution < -0.4 is 5.73 Å². The highest BCUT2D eigenvalue weighted by atomic mass is 16.5. The van der Waals surface area contributed by atoms with Crippen LogP contribution in [0.1, 0.15) is 0 Å². The summed E-state index contributed by atoms with van der Waals surface area (Å²) in [5.74, 6) is -0.0325. The summed E-state index contributed by atoms with van der Waals surface area (Å²) in [6.07, 6.45) is 1.38. The second-order valence-corrected chi connectivity index (χ2v) is 1.64. The first-order valence-corrected chi connectivity index (χ1v) is 2.68. The molecule has 0 saturated heterocycles. The minimum Gasteiger partial charge on any atom is -0.505 e. The highest BCUT2D eigenvalue weighted by Crippen LogP contribution is 2.07. The monoisotopic (exact) mass is 141 g/mol. The second-order valence-electron chi connectivity index (χ2n) is 1.64. The Balaban J connectivity index is 4.62. The van der Waals surface area contributed by atoms with Gasteiger partial charge in [-0.05, 0) is 6.08 Å². The molecule has 0 saturated carbocycles. The summed E-state index contributed by atoms with van der Waals surface area (Å²) in [4.78, 5) is 0. The lowest BCUT2D eigenvalue weighted by Gasteiger charge is -2.04. The molecular weight excluding hydrogens is 130 g/mol. The number of hydrogen-bond donors (Lipinski definition) is 2. The van der Waals surface area contributed by atoms with Gasteiger partial charge in [-0.25, -0.2) is 0 Å². The lowest BCUT2D eigenvalue weighted by atomic mass is 10.3. The van der Waals surface area contributed by atoms with Crippen LogP contribution in [-0.2, 0) is 4.74 Å². The van der Waals surface area contributed by atoms with Crippen LogP contribution in [0.4, 0.5) is 0 Å².